The number of carbonyl (C=O) groups excluding carboxylic acids is 1. The normalized spacial score (nSPS) is 10.5. The van der Waals surface area contributed by atoms with E-state index in [1.807, 2.05) is 42.5 Å². The second-order valence-corrected chi connectivity index (χ2v) is 4.24. The van der Waals surface area contributed by atoms with Crippen LogP contribution in [0.3, 0.4) is 0 Å². The standard InChI is InChI=1S/C14H12N4O/c19-13(17-14-15-9-16-18-14)8-10-5-6-11-3-1-2-4-12(11)7-10/h1-7,9H,8H2,(H2,15,16,17,18,19). The molecule has 2 N–H and O–H groups in total. The van der Waals surface area contributed by atoms with Gasteiger partial charge in [-0.1, -0.05) is 42.5 Å². The van der Waals surface area contributed by atoms with E-state index in [9.17, 15) is 4.79 Å². The Morgan fingerprint density at radius 3 is 2.79 bits per heavy atom. The average Bonchev–Trinajstić information content (AvgIpc) is 2.91. The van der Waals surface area contributed by atoms with Crippen molar-refractivity contribution in [2.45, 2.75) is 6.42 Å². The largest absolute Gasteiger partial charge is 0.295 e. The summed E-state index contributed by atoms with van der Waals surface area (Å²) in [5.74, 6) is 0.248. The maximum Gasteiger partial charge on any atom is 0.231 e. The number of fused-ring (bicyclic) bond motifs is 1. The minimum atomic E-state index is -0.118. The summed E-state index contributed by atoms with van der Waals surface area (Å²) in [5.41, 5.74) is 0.968. The second kappa shape index (κ2) is 4.89. The molecule has 0 unspecified atom stereocenters. The number of aromatic nitrogens is 3. The van der Waals surface area contributed by atoms with E-state index in [-0.39, 0.29) is 5.91 Å². The van der Waals surface area contributed by atoms with Crippen molar-refractivity contribution in [3.05, 3.63) is 54.4 Å². The first-order valence-electron chi connectivity index (χ1n) is 5.94. The number of nitrogens with one attached hydrogen (secondary N) is 2. The lowest BCUT2D eigenvalue weighted by molar-refractivity contribution is -0.115. The van der Waals surface area contributed by atoms with Crippen LogP contribution < -0.4 is 5.32 Å². The molecule has 0 aliphatic carbocycles. The molecule has 0 fully saturated rings. The molecule has 3 aromatic rings. The summed E-state index contributed by atoms with van der Waals surface area (Å²) in [5, 5.41) is 11.2. The molecule has 0 bridgehead atoms. The molecule has 94 valence electrons. The number of carbonyl (C=O) groups is 1. The van der Waals surface area contributed by atoms with Gasteiger partial charge in [-0.2, -0.15) is 10.1 Å². The predicted molar refractivity (Wildman–Crippen MR) is 72.7 cm³/mol. The van der Waals surface area contributed by atoms with Crippen molar-refractivity contribution >= 4 is 22.6 Å². The summed E-state index contributed by atoms with van der Waals surface area (Å²) in [6.07, 6.45) is 1.66. The Kier molecular flexibility index (Phi) is 2.94. The van der Waals surface area contributed by atoms with E-state index in [4.69, 9.17) is 0 Å². The first-order valence-corrected chi connectivity index (χ1v) is 5.94. The fourth-order valence-electron chi connectivity index (χ4n) is 1.98. The van der Waals surface area contributed by atoms with Crippen LogP contribution in [0.1, 0.15) is 5.56 Å². The lowest BCUT2D eigenvalue weighted by Gasteiger charge is -2.04. The van der Waals surface area contributed by atoms with E-state index < -0.39 is 0 Å². The van der Waals surface area contributed by atoms with E-state index in [0.717, 1.165) is 10.9 Å². The Labute approximate surface area is 109 Å². The molecule has 19 heavy (non-hydrogen) atoms. The number of hydrogen-bond donors (Lipinski definition) is 2. The Balaban J connectivity index is 1.75. The Morgan fingerprint density at radius 1 is 1.16 bits per heavy atom. The van der Waals surface area contributed by atoms with Gasteiger partial charge in [-0.15, -0.1) is 0 Å². The van der Waals surface area contributed by atoms with Gasteiger partial charge in [0.2, 0.25) is 11.9 Å². The zero-order chi connectivity index (χ0) is 13.1. The SMILES string of the molecule is O=C(Cc1ccc2ccccc2c1)Nc1ncn[nH]1. The maximum absolute atomic E-state index is 11.8. The fraction of sp³-hybridized carbons (Fsp3) is 0.0714. The van der Waals surface area contributed by atoms with E-state index >= 15 is 0 Å². The lowest BCUT2D eigenvalue weighted by Crippen LogP contribution is -2.15. The van der Waals surface area contributed by atoms with Gasteiger partial charge in [-0.25, -0.2) is 5.10 Å². The molecule has 1 amide bonds. The molecule has 0 spiro atoms. The summed E-state index contributed by atoms with van der Waals surface area (Å²) < 4.78 is 0. The third-order valence-corrected chi connectivity index (χ3v) is 2.85. The number of hydrogen-bond acceptors (Lipinski definition) is 3. The zero-order valence-corrected chi connectivity index (χ0v) is 10.1. The summed E-state index contributed by atoms with van der Waals surface area (Å²) in [7, 11) is 0. The van der Waals surface area contributed by atoms with Crippen LogP contribution in [0, 0.1) is 0 Å². The average molecular weight is 252 g/mol. The number of nitrogens with zero attached hydrogens (tertiary/aromatic N) is 2. The van der Waals surface area contributed by atoms with Gasteiger partial charge in [0.1, 0.15) is 6.33 Å². The number of aromatic amines is 1. The van der Waals surface area contributed by atoms with Crippen LogP contribution in [0.2, 0.25) is 0 Å². The minimum absolute atomic E-state index is 0.118. The first-order chi connectivity index (χ1) is 9.31. The van der Waals surface area contributed by atoms with Crippen molar-refractivity contribution in [1.82, 2.24) is 15.2 Å². The summed E-state index contributed by atoms with van der Waals surface area (Å²) in [4.78, 5) is 15.7. The second-order valence-electron chi connectivity index (χ2n) is 4.24. The molecule has 1 heterocycles. The molecule has 0 saturated heterocycles. The smallest absolute Gasteiger partial charge is 0.231 e. The van der Waals surface area contributed by atoms with E-state index in [0.29, 0.717) is 12.4 Å². The number of anilines is 1. The number of rotatable bonds is 3. The Bertz CT molecular complexity index is 706. The van der Waals surface area contributed by atoms with Crippen molar-refractivity contribution in [3.63, 3.8) is 0 Å². The fourth-order valence-corrected chi connectivity index (χ4v) is 1.98. The van der Waals surface area contributed by atoms with Gasteiger partial charge in [-0.05, 0) is 16.3 Å². The van der Waals surface area contributed by atoms with E-state index in [1.54, 1.807) is 0 Å². The van der Waals surface area contributed by atoms with Crippen molar-refractivity contribution in [3.8, 4) is 0 Å². The predicted octanol–water partition coefficient (Wildman–Crippen LogP) is 2.14. The molecule has 0 atom stereocenters. The van der Waals surface area contributed by atoms with Gasteiger partial charge in [0.25, 0.3) is 0 Å². The highest BCUT2D eigenvalue weighted by molar-refractivity contribution is 5.91. The van der Waals surface area contributed by atoms with Crippen LogP contribution in [0.5, 0.6) is 0 Å². The molecule has 0 radical (unpaired) electrons. The molecule has 3 rings (SSSR count). The van der Waals surface area contributed by atoms with Crippen LogP contribution >= 0.6 is 0 Å². The first kappa shape index (κ1) is 11.4. The molecule has 0 saturated carbocycles. The third-order valence-electron chi connectivity index (χ3n) is 2.85. The van der Waals surface area contributed by atoms with Crippen molar-refractivity contribution in [2.24, 2.45) is 0 Å². The zero-order valence-electron chi connectivity index (χ0n) is 10.1. The number of benzene rings is 2. The molecular formula is C14H12N4O. The minimum Gasteiger partial charge on any atom is -0.295 e. The number of amides is 1. The molecule has 5 nitrogen and oxygen atoms in total. The van der Waals surface area contributed by atoms with Crippen LogP contribution in [-0.2, 0) is 11.2 Å². The summed E-state index contributed by atoms with van der Waals surface area (Å²) >= 11 is 0. The highest BCUT2D eigenvalue weighted by atomic mass is 16.1. The Morgan fingerprint density at radius 2 is 2.00 bits per heavy atom. The highest BCUT2D eigenvalue weighted by Crippen LogP contribution is 2.16. The van der Waals surface area contributed by atoms with E-state index in [2.05, 4.69) is 20.5 Å². The summed E-state index contributed by atoms with van der Waals surface area (Å²) in [6, 6.07) is 14.1. The van der Waals surface area contributed by atoms with Gasteiger partial charge in [0.15, 0.2) is 0 Å². The molecule has 5 heteroatoms. The molecule has 2 aromatic carbocycles. The third kappa shape index (κ3) is 2.60. The van der Waals surface area contributed by atoms with Crippen LogP contribution in [0.25, 0.3) is 10.8 Å². The Hall–Kier alpha value is -2.69. The molecular weight excluding hydrogens is 240 g/mol. The lowest BCUT2D eigenvalue weighted by atomic mass is 10.1. The summed E-state index contributed by atoms with van der Waals surface area (Å²) in [6.45, 7) is 0. The topological polar surface area (TPSA) is 70.7 Å². The van der Waals surface area contributed by atoms with E-state index in [1.165, 1.54) is 11.7 Å². The maximum atomic E-state index is 11.8. The van der Waals surface area contributed by atoms with Crippen LogP contribution in [-0.4, -0.2) is 21.1 Å². The van der Waals surface area contributed by atoms with Crippen molar-refractivity contribution in [1.29, 1.82) is 0 Å². The number of H-pyrrole nitrogens is 1. The molecule has 0 aliphatic rings. The van der Waals surface area contributed by atoms with Gasteiger partial charge in [0, 0.05) is 0 Å². The van der Waals surface area contributed by atoms with Crippen LogP contribution in [0.15, 0.2) is 48.8 Å². The quantitative estimate of drug-likeness (QED) is 0.750. The monoisotopic (exact) mass is 252 g/mol. The van der Waals surface area contributed by atoms with Gasteiger partial charge in [0.05, 0.1) is 6.42 Å². The molecule has 0 aliphatic heterocycles. The van der Waals surface area contributed by atoms with Crippen LogP contribution in [0.4, 0.5) is 5.95 Å². The molecule has 1 aromatic heterocycles. The van der Waals surface area contributed by atoms with Gasteiger partial charge < -0.3 is 0 Å². The van der Waals surface area contributed by atoms with Gasteiger partial charge >= 0.3 is 0 Å². The van der Waals surface area contributed by atoms with Crippen molar-refractivity contribution in [2.75, 3.05) is 5.32 Å². The van der Waals surface area contributed by atoms with Gasteiger partial charge in [-0.3, -0.25) is 10.1 Å². The highest BCUT2D eigenvalue weighted by Gasteiger charge is 2.06. The van der Waals surface area contributed by atoms with Crippen molar-refractivity contribution < 1.29 is 4.79 Å².